The molecule has 2 atom stereocenters. The molecule has 0 saturated heterocycles. The molecule has 1 aromatic carbocycles. The van der Waals surface area contributed by atoms with Gasteiger partial charge in [-0.25, -0.2) is 4.98 Å². The SMILES string of the molecule is CCOC(=O)C1CC1CN(Cc1cc(C)n(C)n1)C(=O)c1ncoc1-c1ccccc1. The Bertz CT molecular complexity index is 1050. The average molecular weight is 422 g/mol. The molecule has 0 radical (unpaired) electrons. The predicted molar refractivity (Wildman–Crippen MR) is 113 cm³/mol. The summed E-state index contributed by atoms with van der Waals surface area (Å²) in [5.74, 6) is -0.0949. The summed E-state index contributed by atoms with van der Waals surface area (Å²) in [6.07, 6.45) is 2.01. The second-order valence-corrected chi connectivity index (χ2v) is 7.84. The van der Waals surface area contributed by atoms with Crippen LogP contribution in [0.25, 0.3) is 11.3 Å². The summed E-state index contributed by atoms with van der Waals surface area (Å²) in [5.41, 5.74) is 2.83. The Morgan fingerprint density at radius 3 is 2.74 bits per heavy atom. The van der Waals surface area contributed by atoms with Crippen molar-refractivity contribution < 1.29 is 18.7 Å². The fourth-order valence-electron chi connectivity index (χ4n) is 3.74. The first kappa shape index (κ1) is 20.8. The van der Waals surface area contributed by atoms with Crippen LogP contribution in [0.15, 0.2) is 47.2 Å². The zero-order valence-electron chi connectivity index (χ0n) is 17.9. The van der Waals surface area contributed by atoms with Crippen LogP contribution in [0.1, 0.15) is 35.2 Å². The molecule has 1 amide bonds. The summed E-state index contributed by atoms with van der Waals surface area (Å²) in [6, 6.07) is 11.4. The van der Waals surface area contributed by atoms with E-state index in [0.717, 1.165) is 17.0 Å². The van der Waals surface area contributed by atoms with E-state index in [4.69, 9.17) is 9.15 Å². The van der Waals surface area contributed by atoms with Crippen LogP contribution < -0.4 is 0 Å². The molecule has 162 valence electrons. The van der Waals surface area contributed by atoms with Gasteiger partial charge in [0, 0.05) is 24.8 Å². The molecule has 2 aromatic heterocycles. The van der Waals surface area contributed by atoms with Crippen molar-refractivity contribution >= 4 is 11.9 Å². The third-order valence-corrected chi connectivity index (χ3v) is 5.58. The summed E-state index contributed by atoms with van der Waals surface area (Å²) in [5, 5.41) is 4.49. The van der Waals surface area contributed by atoms with Crippen LogP contribution in [0, 0.1) is 18.8 Å². The van der Waals surface area contributed by atoms with E-state index in [9.17, 15) is 9.59 Å². The summed E-state index contributed by atoms with van der Waals surface area (Å²) in [6.45, 7) is 4.87. The van der Waals surface area contributed by atoms with Gasteiger partial charge in [0.1, 0.15) is 0 Å². The van der Waals surface area contributed by atoms with Gasteiger partial charge in [0.25, 0.3) is 5.91 Å². The first-order chi connectivity index (χ1) is 15.0. The number of hydrogen-bond donors (Lipinski definition) is 0. The van der Waals surface area contributed by atoms with E-state index >= 15 is 0 Å². The second-order valence-electron chi connectivity index (χ2n) is 7.84. The van der Waals surface area contributed by atoms with Gasteiger partial charge in [-0.05, 0) is 32.3 Å². The van der Waals surface area contributed by atoms with Gasteiger partial charge >= 0.3 is 5.97 Å². The number of hydrogen-bond acceptors (Lipinski definition) is 6. The number of nitrogens with zero attached hydrogens (tertiary/aromatic N) is 4. The molecule has 1 aliphatic carbocycles. The van der Waals surface area contributed by atoms with Crippen molar-refractivity contribution in [2.75, 3.05) is 13.2 Å². The highest BCUT2D eigenvalue weighted by atomic mass is 16.5. The van der Waals surface area contributed by atoms with Crippen molar-refractivity contribution in [1.82, 2.24) is 19.7 Å². The molecule has 1 aliphatic rings. The summed E-state index contributed by atoms with van der Waals surface area (Å²) >= 11 is 0. The Kier molecular flexibility index (Phi) is 5.88. The lowest BCUT2D eigenvalue weighted by Gasteiger charge is -2.21. The summed E-state index contributed by atoms with van der Waals surface area (Å²) < 4.78 is 12.5. The first-order valence-corrected chi connectivity index (χ1v) is 10.4. The summed E-state index contributed by atoms with van der Waals surface area (Å²) in [7, 11) is 1.87. The van der Waals surface area contributed by atoms with Crippen LogP contribution in [0.5, 0.6) is 0 Å². The molecule has 8 nitrogen and oxygen atoms in total. The first-order valence-electron chi connectivity index (χ1n) is 10.4. The highest BCUT2D eigenvalue weighted by molar-refractivity contribution is 5.97. The van der Waals surface area contributed by atoms with Crippen molar-refractivity contribution in [2.24, 2.45) is 18.9 Å². The zero-order valence-corrected chi connectivity index (χ0v) is 17.9. The largest absolute Gasteiger partial charge is 0.466 e. The molecule has 31 heavy (non-hydrogen) atoms. The Balaban J connectivity index is 1.58. The molecule has 4 rings (SSSR count). The van der Waals surface area contributed by atoms with E-state index in [1.807, 2.05) is 50.4 Å². The van der Waals surface area contributed by atoms with Crippen molar-refractivity contribution in [2.45, 2.75) is 26.8 Å². The van der Waals surface area contributed by atoms with Crippen LogP contribution >= 0.6 is 0 Å². The van der Waals surface area contributed by atoms with E-state index in [1.54, 1.807) is 16.5 Å². The molecular formula is C23H26N4O4. The summed E-state index contributed by atoms with van der Waals surface area (Å²) in [4.78, 5) is 31.5. The van der Waals surface area contributed by atoms with Crippen molar-refractivity contribution in [3.63, 3.8) is 0 Å². The van der Waals surface area contributed by atoms with E-state index in [2.05, 4.69) is 10.1 Å². The number of aryl methyl sites for hydroxylation is 2. The van der Waals surface area contributed by atoms with Gasteiger partial charge in [-0.2, -0.15) is 5.10 Å². The van der Waals surface area contributed by atoms with Crippen molar-refractivity contribution in [3.05, 3.63) is 59.9 Å². The third-order valence-electron chi connectivity index (χ3n) is 5.58. The Labute approximate surface area is 180 Å². The number of carbonyl (C=O) groups excluding carboxylic acids is 2. The van der Waals surface area contributed by atoms with Gasteiger partial charge in [0.15, 0.2) is 17.8 Å². The molecule has 0 bridgehead atoms. The fourth-order valence-corrected chi connectivity index (χ4v) is 3.74. The maximum Gasteiger partial charge on any atom is 0.309 e. The Hall–Kier alpha value is -3.42. The van der Waals surface area contributed by atoms with Gasteiger partial charge in [-0.1, -0.05) is 30.3 Å². The quantitative estimate of drug-likeness (QED) is 0.518. The minimum atomic E-state index is -0.245. The molecular weight excluding hydrogens is 396 g/mol. The molecule has 8 heteroatoms. The number of oxazole rings is 1. The minimum Gasteiger partial charge on any atom is -0.466 e. The minimum absolute atomic E-state index is 0.0693. The molecule has 0 spiro atoms. The number of amides is 1. The highest BCUT2D eigenvalue weighted by Gasteiger charge is 2.46. The van der Waals surface area contributed by atoms with E-state index in [0.29, 0.717) is 31.9 Å². The average Bonchev–Trinajstić information content (AvgIpc) is 3.22. The van der Waals surface area contributed by atoms with Crippen LogP contribution in [0.3, 0.4) is 0 Å². The van der Waals surface area contributed by atoms with E-state index in [-0.39, 0.29) is 29.4 Å². The Morgan fingerprint density at radius 1 is 1.29 bits per heavy atom. The lowest BCUT2D eigenvalue weighted by atomic mass is 10.1. The number of esters is 1. The maximum absolute atomic E-state index is 13.5. The van der Waals surface area contributed by atoms with Crippen LogP contribution in [0.4, 0.5) is 0 Å². The molecule has 2 heterocycles. The molecule has 0 N–H and O–H groups in total. The van der Waals surface area contributed by atoms with Gasteiger partial charge < -0.3 is 14.1 Å². The second kappa shape index (κ2) is 8.75. The van der Waals surface area contributed by atoms with Gasteiger partial charge in [-0.15, -0.1) is 0 Å². The monoisotopic (exact) mass is 422 g/mol. The van der Waals surface area contributed by atoms with Crippen LogP contribution in [0.2, 0.25) is 0 Å². The lowest BCUT2D eigenvalue weighted by molar-refractivity contribution is -0.145. The van der Waals surface area contributed by atoms with Crippen molar-refractivity contribution in [1.29, 1.82) is 0 Å². The van der Waals surface area contributed by atoms with Crippen LogP contribution in [-0.4, -0.2) is 44.7 Å². The number of carbonyl (C=O) groups is 2. The third kappa shape index (κ3) is 4.52. The molecule has 1 saturated carbocycles. The Morgan fingerprint density at radius 2 is 2.06 bits per heavy atom. The number of ether oxygens (including phenoxy) is 1. The molecule has 1 fully saturated rings. The normalized spacial score (nSPS) is 17.4. The molecule has 0 aliphatic heterocycles. The number of rotatable bonds is 8. The standard InChI is InChI=1S/C23H26N4O4/c1-4-30-23(29)19-11-17(19)12-27(13-18-10-15(2)26(3)25-18)22(28)20-21(31-14-24-20)16-8-6-5-7-9-16/h5-10,14,17,19H,4,11-13H2,1-3H3. The van der Waals surface area contributed by atoms with Gasteiger partial charge in [0.2, 0.25) is 0 Å². The zero-order chi connectivity index (χ0) is 22.0. The number of aromatic nitrogens is 3. The van der Waals surface area contributed by atoms with E-state index in [1.165, 1.54) is 6.39 Å². The smallest absolute Gasteiger partial charge is 0.309 e. The lowest BCUT2D eigenvalue weighted by Crippen LogP contribution is -2.34. The molecule has 3 aromatic rings. The van der Waals surface area contributed by atoms with Crippen LogP contribution in [-0.2, 0) is 23.1 Å². The maximum atomic E-state index is 13.5. The molecule has 2 unspecified atom stereocenters. The van der Waals surface area contributed by atoms with E-state index < -0.39 is 0 Å². The number of benzene rings is 1. The predicted octanol–water partition coefficient (Wildman–Crippen LogP) is 3.23. The fraction of sp³-hybridized carbons (Fsp3) is 0.391. The van der Waals surface area contributed by atoms with Gasteiger partial charge in [0.05, 0.1) is 24.8 Å². The van der Waals surface area contributed by atoms with Gasteiger partial charge in [-0.3, -0.25) is 14.3 Å². The highest BCUT2D eigenvalue weighted by Crippen LogP contribution is 2.40. The van der Waals surface area contributed by atoms with Crippen molar-refractivity contribution in [3.8, 4) is 11.3 Å². The topological polar surface area (TPSA) is 90.5 Å².